The lowest BCUT2D eigenvalue weighted by Gasteiger charge is -2.31. The summed E-state index contributed by atoms with van der Waals surface area (Å²) in [6.07, 6.45) is -14.9. The van der Waals surface area contributed by atoms with E-state index in [1.54, 1.807) is 0 Å². The van der Waals surface area contributed by atoms with Crippen LogP contribution in [-0.4, -0.2) is 39.1 Å². The molecule has 1 fully saturated rings. The van der Waals surface area contributed by atoms with Crippen molar-refractivity contribution in [1.82, 2.24) is 19.6 Å². The minimum Gasteiger partial charge on any atom is -0.356 e. The van der Waals surface area contributed by atoms with Gasteiger partial charge in [0.05, 0.1) is 5.69 Å². The van der Waals surface area contributed by atoms with Gasteiger partial charge < -0.3 is 9.42 Å². The van der Waals surface area contributed by atoms with E-state index in [2.05, 4.69) is 10.1 Å². The number of aryl methyl sites for hydroxylation is 2. The molecule has 2 aromatic heterocycles. The standard InChI is InChI=1S/C23H27FN4O2/c1-15-18(23(29)28-10-3-2-4-21(28)25-15)9-13-27-11-7-16(8-12-27)22-19-6-5-17(24)14-20(19)30-26-22/h5-6,14,16H,2-4,7-13H2,1H3/i1D3,4D2,7D2,8D2,9D2,11D2,12D2,13D2,16D. The summed E-state index contributed by atoms with van der Waals surface area (Å²) in [6, 6.07) is 2.46. The molecular formula is C23H27FN4O2. The maximum atomic E-state index is 13.9. The Hall–Kier alpha value is -2.54. The topological polar surface area (TPSA) is 64.2 Å². The van der Waals surface area contributed by atoms with Crippen LogP contribution in [0.3, 0.4) is 0 Å². The van der Waals surface area contributed by atoms with E-state index in [-0.39, 0.29) is 19.4 Å². The fraction of sp³-hybridized carbons (Fsp3) is 0.522. The molecule has 3 aromatic rings. The second kappa shape index (κ2) is 7.95. The molecule has 0 amide bonds. The molecule has 2 aliphatic rings. The summed E-state index contributed by atoms with van der Waals surface area (Å²) in [5, 5.41) is 3.06. The molecular weight excluding hydrogens is 383 g/mol. The molecule has 4 heterocycles. The van der Waals surface area contributed by atoms with Crippen molar-refractivity contribution >= 4 is 11.0 Å². The number of aromatic nitrogens is 3. The smallest absolute Gasteiger partial charge is 0.256 e. The molecule has 0 unspecified atom stereocenters. The van der Waals surface area contributed by atoms with E-state index >= 15 is 0 Å². The van der Waals surface area contributed by atoms with Crippen molar-refractivity contribution in [1.29, 1.82) is 0 Å². The largest absolute Gasteiger partial charge is 0.356 e. The minimum atomic E-state index is -4.36. The monoisotopic (exact) mass is 428 g/mol. The zero-order valence-electron chi connectivity index (χ0n) is 33.3. The molecule has 0 atom stereocenters. The van der Waals surface area contributed by atoms with E-state index in [1.807, 2.05) is 0 Å². The first kappa shape index (κ1) is 7.86. The average Bonchev–Trinajstić information content (AvgIpc) is 3.33. The first-order chi connectivity index (χ1) is 21.5. The Bertz CT molecular complexity index is 1840. The first-order valence-corrected chi connectivity index (χ1v) is 8.98. The molecule has 1 saturated heterocycles. The highest BCUT2D eigenvalue weighted by Gasteiger charge is 2.25. The number of fused-ring (bicyclic) bond motifs is 2. The lowest BCUT2D eigenvalue weighted by Crippen LogP contribution is -2.37. The van der Waals surface area contributed by atoms with Crippen LogP contribution in [0.15, 0.2) is 27.5 Å². The van der Waals surface area contributed by atoms with Crippen LogP contribution in [0.2, 0.25) is 0 Å². The van der Waals surface area contributed by atoms with Gasteiger partial charge in [-0.15, -0.1) is 0 Å². The van der Waals surface area contributed by atoms with E-state index in [0.29, 0.717) is 4.57 Å². The Labute approximate surface area is 200 Å². The van der Waals surface area contributed by atoms with Crippen molar-refractivity contribution in [3.8, 4) is 0 Å². The van der Waals surface area contributed by atoms with Crippen LogP contribution < -0.4 is 5.56 Å². The third-order valence-electron chi connectivity index (χ3n) is 4.56. The molecule has 158 valence electrons. The summed E-state index contributed by atoms with van der Waals surface area (Å²) in [5.74, 6) is -5.34. The van der Waals surface area contributed by atoms with Crippen LogP contribution in [0.25, 0.3) is 11.0 Å². The van der Waals surface area contributed by atoms with Gasteiger partial charge in [-0.05, 0) is 63.9 Å². The maximum absolute atomic E-state index is 13.9. The molecule has 0 saturated carbocycles. The zero-order chi connectivity index (χ0) is 36.6. The third kappa shape index (κ3) is 3.55. The molecule has 5 rings (SSSR count). The Morgan fingerprint density at radius 1 is 1.40 bits per heavy atom. The number of halogens is 1. The van der Waals surface area contributed by atoms with E-state index in [9.17, 15) is 9.18 Å². The van der Waals surface area contributed by atoms with Crippen molar-refractivity contribution in [2.24, 2.45) is 0 Å². The number of benzene rings is 1. The predicted molar refractivity (Wildman–Crippen MR) is 112 cm³/mol. The SMILES string of the molecule is [2H]C([2H])([2H])c1nc2n(c(=O)c1C([2H])([2H])C([2H])([2H])N1C([2H])([2H])C([2H])([2H])C([2H])(c3noc4cc(F)ccc34)C([2H])([2H])C1([2H])[2H])CCCC2([2H])[2H]. The summed E-state index contributed by atoms with van der Waals surface area (Å²) in [7, 11) is 0. The number of rotatable bonds is 4. The lowest BCUT2D eigenvalue weighted by molar-refractivity contribution is 0.211. The maximum Gasteiger partial charge on any atom is 0.256 e. The minimum absolute atomic E-state index is 0.00335. The van der Waals surface area contributed by atoms with Crippen LogP contribution in [0.4, 0.5) is 4.39 Å². The van der Waals surface area contributed by atoms with Crippen LogP contribution >= 0.6 is 0 Å². The summed E-state index contributed by atoms with van der Waals surface area (Å²) in [6.45, 7) is -16.6. The number of hydrogen-bond donors (Lipinski definition) is 0. The van der Waals surface area contributed by atoms with Crippen molar-refractivity contribution in [2.45, 2.75) is 57.6 Å². The molecule has 6 nitrogen and oxygen atoms in total. The second-order valence-corrected chi connectivity index (χ2v) is 6.49. The highest BCUT2D eigenvalue weighted by atomic mass is 19.1. The highest BCUT2D eigenvalue weighted by molar-refractivity contribution is 5.79. The molecule has 2 aliphatic heterocycles. The molecule has 0 bridgehead atoms. The normalized spacial score (nSPS) is 37.8. The molecule has 0 spiro atoms. The quantitative estimate of drug-likeness (QED) is 0.635. The van der Waals surface area contributed by atoms with Gasteiger partial charge >= 0.3 is 0 Å². The van der Waals surface area contributed by atoms with Crippen LogP contribution in [-0.2, 0) is 19.3 Å². The van der Waals surface area contributed by atoms with Crippen LogP contribution in [0.1, 0.15) is 78.9 Å². The Morgan fingerprint density at radius 3 is 3.10 bits per heavy atom. The molecule has 0 N–H and O–H groups in total. The zero-order valence-corrected chi connectivity index (χ0v) is 15.3. The van der Waals surface area contributed by atoms with Gasteiger partial charge in [-0.25, -0.2) is 9.37 Å². The number of piperidine rings is 1. The van der Waals surface area contributed by atoms with E-state index < -0.39 is 108 Å². The van der Waals surface area contributed by atoms with Gasteiger partial charge in [0, 0.05) is 72.7 Å². The average molecular weight is 429 g/mol. The molecule has 0 radical (unpaired) electrons. The van der Waals surface area contributed by atoms with Gasteiger partial charge in [0.2, 0.25) is 0 Å². The second-order valence-electron chi connectivity index (χ2n) is 6.49. The van der Waals surface area contributed by atoms with Crippen molar-refractivity contribution in [3.05, 3.63) is 57.1 Å². The Morgan fingerprint density at radius 2 is 2.27 bits per heavy atom. The summed E-state index contributed by atoms with van der Waals surface area (Å²) < 4.78 is 174. The lowest BCUT2D eigenvalue weighted by atomic mass is 9.91. The predicted octanol–water partition coefficient (Wildman–Crippen LogP) is 3.59. The number of nitrogens with zero attached hydrogens (tertiary/aromatic N) is 4. The summed E-state index contributed by atoms with van der Waals surface area (Å²) in [4.78, 5) is 16.7. The fourth-order valence-electron chi connectivity index (χ4n) is 3.11. The molecule has 30 heavy (non-hydrogen) atoms. The van der Waals surface area contributed by atoms with Gasteiger partial charge in [0.25, 0.3) is 5.56 Å². The van der Waals surface area contributed by atoms with Gasteiger partial charge in [0.15, 0.2) is 5.58 Å². The Kier molecular flexibility index (Phi) is 2.08. The van der Waals surface area contributed by atoms with Gasteiger partial charge in [0.1, 0.15) is 11.6 Å². The van der Waals surface area contributed by atoms with Gasteiger partial charge in [-0.3, -0.25) is 9.36 Å². The fourth-order valence-corrected chi connectivity index (χ4v) is 3.11. The molecule has 0 aliphatic carbocycles. The summed E-state index contributed by atoms with van der Waals surface area (Å²) >= 11 is 0. The van der Waals surface area contributed by atoms with Gasteiger partial charge in [-0.1, -0.05) is 5.16 Å². The molecule has 1 aromatic carbocycles. The number of hydrogen-bond acceptors (Lipinski definition) is 5. The summed E-state index contributed by atoms with van der Waals surface area (Å²) in [5.41, 5.74) is -6.04. The van der Waals surface area contributed by atoms with Crippen molar-refractivity contribution < 1.29 is 33.6 Å². The van der Waals surface area contributed by atoms with E-state index in [1.165, 1.54) is 0 Å². The van der Waals surface area contributed by atoms with Crippen molar-refractivity contribution in [2.75, 3.05) is 19.5 Å². The highest BCUT2D eigenvalue weighted by Crippen LogP contribution is 2.32. The van der Waals surface area contributed by atoms with E-state index in [4.69, 9.17) is 29.2 Å². The Balaban J connectivity index is 1.79. The third-order valence-corrected chi connectivity index (χ3v) is 4.56. The van der Waals surface area contributed by atoms with Crippen LogP contribution in [0.5, 0.6) is 0 Å². The van der Waals surface area contributed by atoms with Crippen molar-refractivity contribution in [3.63, 3.8) is 0 Å². The van der Waals surface area contributed by atoms with E-state index in [0.717, 1.165) is 18.2 Å². The number of likely N-dealkylation sites (tertiary alicyclic amines) is 1. The molecule has 7 heteroatoms. The van der Waals surface area contributed by atoms with Gasteiger partial charge in [-0.2, -0.15) is 0 Å². The van der Waals surface area contributed by atoms with Crippen LogP contribution in [0, 0.1) is 12.7 Å². The first-order valence-electron chi connectivity index (χ1n) is 18.0.